The van der Waals surface area contributed by atoms with E-state index >= 15 is 0 Å². The van der Waals surface area contributed by atoms with Crippen LogP contribution >= 0.6 is 35.6 Å². The Labute approximate surface area is 133 Å². The average molecular weight is 324 g/mol. The zero-order valence-corrected chi connectivity index (χ0v) is 13.3. The fourth-order valence-electron chi connectivity index (χ4n) is 1.47. The van der Waals surface area contributed by atoms with Crippen LogP contribution in [0, 0.1) is 0 Å². The van der Waals surface area contributed by atoms with E-state index in [-0.39, 0.29) is 0 Å². The lowest BCUT2D eigenvalue weighted by atomic mass is 10.4. The fraction of sp³-hybridized carbons (Fsp3) is 0.143. The van der Waals surface area contributed by atoms with E-state index in [2.05, 4.69) is 15.6 Å². The molecule has 2 aromatic rings. The first-order valence-corrected chi connectivity index (χ1v) is 7.72. The van der Waals surface area contributed by atoms with Gasteiger partial charge >= 0.3 is 0 Å². The molecule has 1 heterocycles. The second-order valence-corrected chi connectivity index (χ2v) is 5.86. The number of halogens is 1. The first kappa shape index (κ1) is 15.1. The number of pyridine rings is 1. The molecule has 0 aliphatic carbocycles. The Bertz CT molecular complexity index is 570. The average Bonchev–Trinajstić information content (AvgIpc) is 2.44. The van der Waals surface area contributed by atoms with Crippen molar-refractivity contribution in [3.8, 4) is 0 Å². The summed E-state index contributed by atoms with van der Waals surface area (Å²) >= 11 is 12.6. The lowest BCUT2D eigenvalue weighted by molar-refractivity contribution is 0.979. The highest BCUT2D eigenvalue weighted by atomic mass is 35.5. The molecule has 20 heavy (non-hydrogen) atoms. The highest BCUT2D eigenvalue weighted by Crippen LogP contribution is 2.27. The molecule has 6 heteroatoms. The maximum atomic E-state index is 5.86. The summed E-state index contributed by atoms with van der Waals surface area (Å²) in [6.45, 7) is 2.79. The number of hydrogen-bond donors (Lipinski definition) is 2. The first-order valence-electron chi connectivity index (χ1n) is 6.11. The number of anilines is 1. The van der Waals surface area contributed by atoms with E-state index in [4.69, 9.17) is 23.8 Å². The summed E-state index contributed by atoms with van der Waals surface area (Å²) in [5.74, 6) is 0. The van der Waals surface area contributed by atoms with Gasteiger partial charge in [-0.1, -0.05) is 23.4 Å². The second-order valence-electron chi connectivity index (χ2n) is 3.93. The molecule has 0 aliphatic rings. The molecule has 0 bridgehead atoms. The van der Waals surface area contributed by atoms with Gasteiger partial charge in [0.1, 0.15) is 5.03 Å². The van der Waals surface area contributed by atoms with Crippen molar-refractivity contribution in [2.45, 2.75) is 16.8 Å². The van der Waals surface area contributed by atoms with Gasteiger partial charge in [-0.25, -0.2) is 4.98 Å². The van der Waals surface area contributed by atoms with E-state index in [0.29, 0.717) is 5.11 Å². The number of thiocarbonyl (C=S) groups is 1. The van der Waals surface area contributed by atoms with E-state index in [1.807, 2.05) is 43.3 Å². The zero-order chi connectivity index (χ0) is 14.4. The number of nitrogens with zero attached hydrogens (tertiary/aromatic N) is 1. The molecule has 0 saturated carbocycles. The quantitative estimate of drug-likeness (QED) is 0.825. The van der Waals surface area contributed by atoms with Crippen molar-refractivity contribution in [2.24, 2.45) is 0 Å². The van der Waals surface area contributed by atoms with Gasteiger partial charge in [-0.05, 0) is 55.5 Å². The molecule has 0 fully saturated rings. The molecule has 0 amide bonds. The van der Waals surface area contributed by atoms with E-state index < -0.39 is 0 Å². The zero-order valence-electron chi connectivity index (χ0n) is 10.9. The Morgan fingerprint density at radius 2 is 2.00 bits per heavy atom. The number of aromatic nitrogens is 1. The smallest absolute Gasteiger partial charge is 0.170 e. The van der Waals surface area contributed by atoms with Crippen LogP contribution in [0.1, 0.15) is 6.92 Å². The van der Waals surface area contributed by atoms with E-state index in [9.17, 15) is 0 Å². The molecular weight excluding hydrogens is 310 g/mol. The van der Waals surface area contributed by atoms with Crippen LogP contribution < -0.4 is 10.6 Å². The van der Waals surface area contributed by atoms with E-state index in [0.717, 1.165) is 27.2 Å². The van der Waals surface area contributed by atoms with E-state index in [1.165, 1.54) is 0 Å². The number of benzene rings is 1. The Morgan fingerprint density at radius 1 is 1.25 bits per heavy atom. The van der Waals surface area contributed by atoms with Gasteiger partial charge in [0.05, 0.1) is 11.9 Å². The highest BCUT2D eigenvalue weighted by molar-refractivity contribution is 7.99. The SMILES string of the molecule is CCNC(=S)Nc1ccc(Sc2ccc(Cl)cc2)nc1. The van der Waals surface area contributed by atoms with Gasteiger partial charge < -0.3 is 10.6 Å². The molecule has 0 atom stereocenters. The molecule has 104 valence electrons. The number of rotatable bonds is 4. The summed E-state index contributed by atoms with van der Waals surface area (Å²) in [4.78, 5) is 5.49. The molecule has 0 aliphatic heterocycles. The predicted octanol–water partition coefficient (Wildman–Crippen LogP) is 4.19. The number of hydrogen-bond acceptors (Lipinski definition) is 3. The van der Waals surface area contributed by atoms with Crippen molar-refractivity contribution in [1.29, 1.82) is 0 Å². The minimum absolute atomic E-state index is 0.604. The molecule has 1 aromatic carbocycles. The molecule has 2 rings (SSSR count). The predicted molar refractivity (Wildman–Crippen MR) is 89.7 cm³/mol. The third-order valence-corrected chi connectivity index (χ3v) is 3.82. The van der Waals surface area contributed by atoms with Crippen molar-refractivity contribution in [1.82, 2.24) is 10.3 Å². The molecule has 2 N–H and O–H groups in total. The monoisotopic (exact) mass is 323 g/mol. The summed E-state index contributed by atoms with van der Waals surface area (Å²) < 4.78 is 0. The van der Waals surface area contributed by atoms with Crippen molar-refractivity contribution < 1.29 is 0 Å². The molecular formula is C14H14ClN3S2. The first-order chi connectivity index (χ1) is 9.67. The standard InChI is InChI=1S/C14H14ClN3S2/c1-2-16-14(19)18-11-5-8-13(17-9-11)20-12-6-3-10(15)4-7-12/h3-9H,2H2,1H3,(H2,16,18,19). The Hall–Kier alpha value is -1.30. The highest BCUT2D eigenvalue weighted by Gasteiger charge is 2.01. The lowest BCUT2D eigenvalue weighted by Crippen LogP contribution is -2.27. The topological polar surface area (TPSA) is 37.0 Å². The molecule has 0 unspecified atom stereocenters. The summed E-state index contributed by atoms with van der Waals surface area (Å²) in [5.41, 5.74) is 0.872. The summed E-state index contributed by atoms with van der Waals surface area (Å²) in [7, 11) is 0. The fourth-order valence-corrected chi connectivity index (χ4v) is 2.62. The van der Waals surface area contributed by atoms with Crippen LogP contribution in [-0.4, -0.2) is 16.6 Å². The van der Waals surface area contributed by atoms with Crippen LogP contribution in [0.5, 0.6) is 0 Å². The van der Waals surface area contributed by atoms with Crippen molar-refractivity contribution in [3.63, 3.8) is 0 Å². The van der Waals surface area contributed by atoms with Crippen LogP contribution in [-0.2, 0) is 0 Å². The van der Waals surface area contributed by atoms with Crippen LogP contribution in [0.15, 0.2) is 52.5 Å². The Balaban J connectivity index is 1.97. The van der Waals surface area contributed by atoms with Gasteiger partial charge in [0.2, 0.25) is 0 Å². The lowest BCUT2D eigenvalue weighted by Gasteiger charge is -2.08. The van der Waals surface area contributed by atoms with Crippen LogP contribution in [0.2, 0.25) is 5.02 Å². The second kappa shape index (κ2) is 7.47. The Morgan fingerprint density at radius 3 is 2.60 bits per heavy atom. The summed E-state index contributed by atoms with van der Waals surface area (Å²) in [6.07, 6.45) is 1.77. The van der Waals surface area contributed by atoms with Crippen LogP contribution in [0.4, 0.5) is 5.69 Å². The van der Waals surface area contributed by atoms with Crippen molar-refractivity contribution in [2.75, 3.05) is 11.9 Å². The van der Waals surface area contributed by atoms with Gasteiger partial charge in [-0.3, -0.25) is 0 Å². The summed E-state index contributed by atoms with van der Waals surface area (Å²) in [5, 5.41) is 8.36. The van der Waals surface area contributed by atoms with Crippen LogP contribution in [0.25, 0.3) is 0 Å². The van der Waals surface area contributed by atoms with Gasteiger partial charge in [-0.2, -0.15) is 0 Å². The third-order valence-electron chi connectivity index (χ3n) is 2.37. The molecule has 3 nitrogen and oxygen atoms in total. The van der Waals surface area contributed by atoms with E-state index in [1.54, 1.807) is 18.0 Å². The van der Waals surface area contributed by atoms with Crippen molar-refractivity contribution in [3.05, 3.63) is 47.6 Å². The maximum Gasteiger partial charge on any atom is 0.170 e. The molecule has 1 aromatic heterocycles. The molecule has 0 spiro atoms. The largest absolute Gasteiger partial charge is 0.363 e. The van der Waals surface area contributed by atoms with Gasteiger partial charge in [0.25, 0.3) is 0 Å². The molecule has 0 radical (unpaired) electrons. The minimum Gasteiger partial charge on any atom is -0.363 e. The number of nitrogens with one attached hydrogen (secondary N) is 2. The van der Waals surface area contributed by atoms with Gasteiger partial charge in [-0.15, -0.1) is 0 Å². The van der Waals surface area contributed by atoms with Crippen LogP contribution in [0.3, 0.4) is 0 Å². The maximum absolute atomic E-state index is 5.86. The summed E-state index contributed by atoms with van der Waals surface area (Å²) in [6, 6.07) is 11.6. The molecule has 0 saturated heterocycles. The Kier molecular flexibility index (Phi) is 5.64. The third kappa shape index (κ3) is 4.67. The van der Waals surface area contributed by atoms with Crippen molar-refractivity contribution >= 4 is 46.4 Å². The normalized spacial score (nSPS) is 10.1. The van der Waals surface area contributed by atoms with Gasteiger partial charge in [0.15, 0.2) is 5.11 Å². The van der Waals surface area contributed by atoms with Gasteiger partial charge in [0, 0.05) is 16.5 Å². The minimum atomic E-state index is 0.604.